The van der Waals surface area contributed by atoms with Gasteiger partial charge >= 0.3 is 0 Å². The van der Waals surface area contributed by atoms with Gasteiger partial charge in [0, 0.05) is 24.0 Å². The van der Waals surface area contributed by atoms with Crippen molar-refractivity contribution in [2.45, 2.75) is 26.4 Å². The molecule has 0 fully saturated rings. The Balaban J connectivity index is 1.47. The third kappa shape index (κ3) is 4.16. The Morgan fingerprint density at radius 1 is 1.00 bits per heavy atom. The van der Waals surface area contributed by atoms with Gasteiger partial charge in [-0.25, -0.2) is 8.78 Å². The van der Waals surface area contributed by atoms with E-state index in [4.69, 9.17) is 0 Å². The average Bonchev–Trinajstić information content (AvgIpc) is 3.09. The van der Waals surface area contributed by atoms with Gasteiger partial charge in [0.05, 0.1) is 11.4 Å². The summed E-state index contributed by atoms with van der Waals surface area (Å²) in [5.74, 6) is 4.92. The second-order valence-corrected chi connectivity index (χ2v) is 8.01. The van der Waals surface area contributed by atoms with Crippen molar-refractivity contribution in [3.63, 3.8) is 0 Å². The minimum absolute atomic E-state index is 0.543. The molecule has 1 aliphatic rings. The van der Waals surface area contributed by atoms with Gasteiger partial charge in [0.1, 0.15) is 0 Å². The van der Waals surface area contributed by atoms with E-state index in [-0.39, 0.29) is 0 Å². The summed E-state index contributed by atoms with van der Waals surface area (Å²) in [6.45, 7) is 3.36. The molecule has 1 aromatic heterocycles. The maximum atomic E-state index is 13.5. The number of thiophene rings is 1. The molecular formula is C24H19F2NS. The van der Waals surface area contributed by atoms with Gasteiger partial charge in [0.2, 0.25) is 0 Å². The van der Waals surface area contributed by atoms with Crippen LogP contribution in [-0.4, -0.2) is 4.90 Å². The molecule has 0 atom stereocenters. The van der Waals surface area contributed by atoms with Crippen LogP contribution in [-0.2, 0) is 19.5 Å². The zero-order chi connectivity index (χ0) is 19.5. The van der Waals surface area contributed by atoms with E-state index in [0.717, 1.165) is 29.0 Å². The number of hydrogen-bond acceptors (Lipinski definition) is 2. The molecule has 0 aliphatic carbocycles. The molecule has 3 aromatic rings. The Morgan fingerprint density at radius 3 is 2.61 bits per heavy atom. The lowest BCUT2D eigenvalue weighted by atomic mass is 10.0. The molecule has 140 valence electrons. The molecule has 0 saturated heterocycles. The van der Waals surface area contributed by atoms with Crippen LogP contribution in [0.1, 0.15) is 33.4 Å². The lowest BCUT2D eigenvalue weighted by Gasteiger charge is -2.26. The normalized spacial score (nSPS) is 12.8. The smallest absolute Gasteiger partial charge is 0.159 e. The van der Waals surface area contributed by atoms with E-state index in [1.165, 1.54) is 28.1 Å². The Labute approximate surface area is 168 Å². The molecule has 0 amide bonds. The molecule has 2 heterocycles. The molecule has 0 bridgehead atoms. The topological polar surface area (TPSA) is 3.24 Å². The summed E-state index contributed by atoms with van der Waals surface area (Å²) in [5.41, 5.74) is 4.36. The van der Waals surface area contributed by atoms with E-state index >= 15 is 0 Å². The van der Waals surface area contributed by atoms with Crippen LogP contribution in [0.15, 0.2) is 60.8 Å². The number of rotatable bonds is 3. The Bertz CT molecular complexity index is 1090. The second kappa shape index (κ2) is 8.00. The molecule has 0 N–H and O–H groups in total. The number of halogens is 2. The van der Waals surface area contributed by atoms with Crippen LogP contribution in [0.4, 0.5) is 8.78 Å². The fourth-order valence-electron chi connectivity index (χ4n) is 3.32. The van der Waals surface area contributed by atoms with E-state index in [1.54, 1.807) is 17.4 Å². The zero-order valence-corrected chi connectivity index (χ0v) is 16.3. The quantitative estimate of drug-likeness (QED) is 0.495. The first kappa shape index (κ1) is 18.5. The van der Waals surface area contributed by atoms with Crippen molar-refractivity contribution in [1.29, 1.82) is 0 Å². The Hall–Kier alpha value is -2.90. The van der Waals surface area contributed by atoms with Gasteiger partial charge in [-0.3, -0.25) is 0 Å². The van der Waals surface area contributed by atoms with Gasteiger partial charge < -0.3 is 4.90 Å². The van der Waals surface area contributed by atoms with Crippen LogP contribution in [0, 0.1) is 23.5 Å². The largest absolute Gasteiger partial charge is 0.368 e. The highest BCUT2D eigenvalue weighted by atomic mass is 32.1. The van der Waals surface area contributed by atoms with Crippen LogP contribution < -0.4 is 0 Å². The molecule has 0 radical (unpaired) electrons. The standard InChI is InChI=1S/C24H19F2NS/c1-17-14-27(15-19-10-11-22(25)23(26)12-19)16-24-21(17)13-20(28-24)9-5-8-18-6-3-2-4-7-18/h2-4,6-7,10-14H,8,15-16H2,1H3. The molecule has 0 saturated carbocycles. The third-order valence-electron chi connectivity index (χ3n) is 4.67. The highest BCUT2D eigenvalue weighted by molar-refractivity contribution is 7.12. The lowest BCUT2D eigenvalue weighted by Crippen LogP contribution is -2.19. The number of benzene rings is 2. The third-order valence-corrected chi connectivity index (χ3v) is 5.71. The number of nitrogens with zero attached hydrogens (tertiary/aromatic N) is 1. The van der Waals surface area contributed by atoms with Gasteiger partial charge in [-0.15, -0.1) is 11.3 Å². The number of fused-ring (bicyclic) bond motifs is 1. The first-order valence-corrected chi connectivity index (χ1v) is 9.92. The van der Waals surface area contributed by atoms with Crippen molar-refractivity contribution in [2.75, 3.05) is 0 Å². The average molecular weight is 391 g/mol. The van der Waals surface area contributed by atoms with Crippen LogP contribution in [0.5, 0.6) is 0 Å². The van der Waals surface area contributed by atoms with Gasteiger partial charge in [-0.05, 0) is 47.4 Å². The van der Waals surface area contributed by atoms with E-state index in [2.05, 4.69) is 48.1 Å². The molecule has 0 spiro atoms. The van der Waals surface area contributed by atoms with Crippen molar-refractivity contribution in [3.05, 3.63) is 98.9 Å². The van der Waals surface area contributed by atoms with Gasteiger partial charge in [0.15, 0.2) is 11.6 Å². The van der Waals surface area contributed by atoms with Gasteiger partial charge in [0.25, 0.3) is 0 Å². The zero-order valence-electron chi connectivity index (χ0n) is 15.5. The maximum absolute atomic E-state index is 13.5. The summed E-state index contributed by atoms with van der Waals surface area (Å²) >= 11 is 1.70. The number of hydrogen-bond donors (Lipinski definition) is 0. The summed E-state index contributed by atoms with van der Waals surface area (Å²) in [7, 11) is 0. The Kier molecular flexibility index (Phi) is 5.27. The summed E-state index contributed by atoms with van der Waals surface area (Å²) in [6.07, 6.45) is 2.82. The van der Waals surface area contributed by atoms with Crippen LogP contribution in [0.2, 0.25) is 0 Å². The minimum Gasteiger partial charge on any atom is -0.368 e. The van der Waals surface area contributed by atoms with Crippen molar-refractivity contribution in [2.24, 2.45) is 0 Å². The van der Waals surface area contributed by atoms with Crippen molar-refractivity contribution < 1.29 is 8.78 Å². The molecule has 4 heteroatoms. The predicted molar refractivity (Wildman–Crippen MR) is 111 cm³/mol. The number of allylic oxidation sites excluding steroid dienone is 1. The summed E-state index contributed by atoms with van der Waals surface area (Å²) in [4.78, 5) is 4.44. The molecule has 1 aliphatic heterocycles. The Morgan fingerprint density at radius 2 is 1.82 bits per heavy atom. The first-order chi connectivity index (χ1) is 13.6. The summed E-state index contributed by atoms with van der Waals surface area (Å²) in [5, 5.41) is 0. The lowest BCUT2D eigenvalue weighted by molar-refractivity contribution is 0.360. The molecule has 28 heavy (non-hydrogen) atoms. The molecule has 2 aromatic carbocycles. The van der Waals surface area contributed by atoms with E-state index in [9.17, 15) is 8.78 Å². The summed E-state index contributed by atoms with van der Waals surface area (Å²) in [6, 6.07) is 16.4. The van der Waals surface area contributed by atoms with Crippen molar-refractivity contribution >= 4 is 16.9 Å². The van der Waals surface area contributed by atoms with Gasteiger partial charge in [-0.2, -0.15) is 0 Å². The maximum Gasteiger partial charge on any atom is 0.159 e. The minimum atomic E-state index is -0.812. The van der Waals surface area contributed by atoms with Crippen LogP contribution >= 0.6 is 11.3 Å². The van der Waals surface area contributed by atoms with E-state index < -0.39 is 11.6 Å². The molecule has 1 nitrogen and oxygen atoms in total. The predicted octanol–water partition coefficient (Wildman–Crippen LogP) is 6.00. The second-order valence-electron chi connectivity index (χ2n) is 6.88. The molecule has 0 unspecified atom stereocenters. The monoisotopic (exact) mass is 391 g/mol. The molecule has 4 rings (SSSR count). The fourth-order valence-corrected chi connectivity index (χ4v) is 4.44. The fraction of sp³-hybridized carbons (Fsp3) is 0.167. The van der Waals surface area contributed by atoms with E-state index in [1.807, 2.05) is 18.2 Å². The van der Waals surface area contributed by atoms with Crippen LogP contribution in [0.25, 0.3) is 5.57 Å². The highest BCUT2D eigenvalue weighted by Gasteiger charge is 2.18. The van der Waals surface area contributed by atoms with Gasteiger partial charge in [-0.1, -0.05) is 48.2 Å². The van der Waals surface area contributed by atoms with Crippen molar-refractivity contribution in [1.82, 2.24) is 4.90 Å². The first-order valence-electron chi connectivity index (χ1n) is 9.11. The molecular weight excluding hydrogens is 372 g/mol. The summed E-state index contributed by atoms with van der Waals surface area (Å²) < 4.78 is 26.6. The SMILES string of the molecule is CC1=CN(Cc2ccc(F)c(F)c2)Cc2sc(C#CCc3ccccc3)cc21. The van der Waals surface area contributed by atoms with Crippen molar-refractivity contribution in [3.8, 4) is 11.8 Å². The van der Waals surface area contributed by atoms with Crippen LogP contribution in [0.3, 0.4) is 0 Å². The van der Waals surface area contributed by atoms with E-state index in [0.29, 0.717) is 6.54 Å². The highest BCUT2D eigenvalue weighted by Crippen LogP contribution is 2.33.